The van der Waals surface area contributed by atoms with Crippen molar-refractivity contribution in [2.24, 2.45) is 0 Å². The van der Waals surface area contributed by atoms with Crippen molar-refractivity contribution in [1.82, 2.24) is 10.2 Å². The molecule has 0 bridgehead atoms. The Bertz CT molecular complexity index is 1430. The first-order valence-electron chi connectivity index (χ1n) is 13.1. The number of hydrogen-bond donors (Lipinski definition) is 1. The number of nitrogens with zero attached hydrogens (tertiary/aromatic N) is 2. The van der Waals surface area contributed by atoms with Crippen LogP contribution in [0.3, 0.4) is 0 Å². The fourth-order valence-corrected chi connectivity index (χ4v) is 5.85. The molecule has 0 spiro atoms. The number of carbonyl (C=O) groups excluding carboxylic acids is 2. The molecule has 1 atom stereocenters. The van der Waals surface area contributed by atoms with E-state index in [1.807, 2.05) is 45.0 Å². The molecule has 10 heteroatoms. The summed E-state index contributed by atoms with van der Waals surface area (Å²) >= 11 is 9.79. The van der Waals surface area contributed by atoms with E-state index < -0.39 is 28.5 Å². The normalized spacial score (nSPS) is 12.1. The minimum Gasteiger partial charge on any atom is -0.354 e. The Morgan fingerprint density at radius 2 is 1.65 bits per heavy atom. The number of carbonyl (C=O) groups is 2. The fraction of sp³-hybridized carbons (Fsp3) is 0.333. The van der Waals surface area contributed by atoms with Crippen LogP contribution in [0.1, 0.15) is 43.4 Å². The summed E-state index contributed by atoms with van der Waals surface area (Å²) < 4.78 is 29.7. The van der Waals surface area contributed by atoms with Gasteiger partial charge in [-0.1, -0.05) is 76.8 Å². The number of amides is 2. The second kappa shape index (κ2) is 14.1. The minimum absolute atomic E-state index is 0.0485. The zero-order valence-electron chi connectivity index (χ0n) is 23.2. The summed E-state index contributed by atoms with van der Waals surface area (Å²) in [5.41, 5.74) is 2.74. The van der Waals surface area contributed by atoms with Gasteiger partial charge in [0.2, 0.25) is 11.8 Å². The largest absolute Gasteiger partial charge is 0.354 e. The summed E-state index contributed by atoms with van der Waals surface area (Å²) in [7, 11) is -4.15. The highest BCUT2D eigenvalue weighted by atomic mass is 79.9. The second-order valence-corrected chi connectivity index (χ2v) is 12.9. The summed E-state index contributed by atoms with van der Waals surface area (Å²) in [6.07, 6.45) is 1.73. The van der Waals surface area contributed by atoms with Crippen LogP contribution in [-0.4, -0.2) is 44.3 Å². The predicted molar refractivity (Wildman–Crippen MR) is 164 cm³/mol. The van der Waals surface area contributed by atoms with Crippen LogP contribution in [0.25, 0.3) is 0 Å². The van der Waals surface area contributed by atoms with Crippen molar-refractivity contribution in [3.63, 3.8) is 0 Å². The molecule has 0 saturated carbocycles. The smallest absolute Gasteiger partial charge is 0.264 e. The molecule has 0 aliphatic rings. The zero-order chi connectivity index (χ0) is 29.4. The molecule has 0 unspecified atom stereocenters. The van der Waals surface area contributed by atoms with Crippen molar-refractivity contribution in [1.29, 1.82) is 0 Å². The van der Waals surface area contributed by atoms with Crippen LogP contribution in [0.15, 0.2) is 76.1 Å². The number of unbranched alkanes of at least 4 members (excludes halogenated alkanes) is 1. The van der Waals surface area contributed by atoms with Crippen LogP contribution in [0.5, 0.6) is 0 Å². The number of anilines is 1. The summed E-state index contributed by atoms with van der Waals surface area (Å²) in [6, 6.07) is 17.9. The molecule has 214 valence electrons. The van der Waals surface area contributed by atoms with Crippen LogP contribution in [0.4, 0.5) is 5.69 Å². The molecule has 3 rings (SSSR count). The molecule has 0 aromatic heterocycles. The van der Waals surface area contributed by atoms with Gasteiger partial charge in [-0.15, -0.1) is 0 Å². The quantitative estimate of drug-likeness (QED) is 0.235. The Balaban J connectivity index is 2.02. The lowest BCUT2D eigenvalue weighted by Gasteiger charge is -2.32. The molecular weight excluding hydrogens is 614 g/mol. The lowest BCUT2D eigenvalue weighted by Crippen LogP contribution is -2.51. The molecule has 0 fully saturated rings. The topological polar surface area (TPSA) is 86.8 Å². The van der Waals surface area contributed by atoms with E-state index in [1.165, 1.54) is 23.1 Å². The SMILES string of the molecule is CCCCNC(=O)[C@@H](C)N(Cc1ccc(Br)cc1)C(=O)CN(c1ccc(C)c(Cl)c1)S(=O)(=O)c1ccc(C)cc1. The zero-order valence-corrected chi connectivity index (χ0v) is 26.3. The average Bonchev–Trinajstić information content (AvgIpc) is 2.92. The van der Waals surface area contributed by atoms with Gasteiger partial charge < -0.3 is 10.2 Å². The molecule has 0 aliphatic carbocycles. The highest BCUT2D eigenvalue weighted by Gasteiger charge is 2.32. The summed E-state index contributed by atoms with van der Waals surface area (Å²) in [6.45, 7) is 7.47. The molecule has 2 amide bonds. The van der Waals surface area contributed by atoms with Crippen molar-refractivity contribution in [3.05, 3.63) is 92.9 Å². The van der Waals surface area contributed by atoms with Gasteiger partial charge in [-0.05, 0) is 74.7 Å². The molecule has 0 saturated heterocycles. The van der Waals surface area contributed by atoms with Gasteiger partial charge in [-0.3, -0.25) is 13.9 Å². The first-order valence-corrected chi connectivity index (χ1v) is 15.7. The highest BCUT2D eigenvalue weighted by molar-refractivity contribution is 9.10. The van der Waals surface area contributed by atoms with Gasteiger partial charge in [-0.25, -0.2) is 8.42 Å². The van der Waals surface area contributed by atoms with E-state index >= 15 is 0 Å². The first kappa shape index (κ1) is 31.6. The Morgan fingerprint density at radius 1 is 1.00 bits per heavy atom. The van der Waals surface area contributed by atoms with Gasteiger partial charge in [0.1, 0.15) is 12.6 Å². The van der Waals surface area contributed by atoms with E-state index in [0.29, 0.717) is 11.6 Å². The van der Waals surface area contributed by atoms with Gasteiger partial charge in [0.15, 0.2) is 0 Å². The van der Waals surface area contributed by atoms with E-state index in [2.05, 4.69) is 21.2 Å². The number of halogens is 2. The van der Waals surface area contributed by atoms with Crippen LogP contribution in [0.2, 0.25) is 5.02 Å². The summed E-state index contributed by atoms with van der Waals surface area (Å²) in [4.78, 5) is 28.5. The average molecular weight is 649 g/mol. The molecule has 0 heterocycles. The molecule has 0 aliphatic heterocycles. The van der Waals surface area contributed by atoms with Crippen LogP contribution in [-0.2, 0) is 26.2 Å². The number of rotatable bonds is 12. The van der Waals surface area contributed by atoms with Crippen molar-refractivity contribution in [2.75, 3.05) is 17.4 Å². The lowest BCUT2D eigenvalue weighted by molar-refractivity contribution is -0.139. The number of aryl methyl sites for hydroxylation is 2. The molecule has 0 radical (unpaired) electrons. The Kier molecular flexibility index (Phi) is 11.2. The minimum atomic E-state index is -4.15. The van der Waals surface area contributed by atoms with Crippen LogP contribution < -0.4 is 9.62 Å². The Morgan fingerprint density at radius 3 is 2.25 bits per heavy atom. The lowest BCUT2D eigenvalue weighted by atomic mass is 10.1. The van der Waals surface area contributed by atoms with Crippen molar-refractivity contribution in [2.45, 2.75) is 58.0 Å². The Labute approximate surface area is 250 Å². The summed E-state index contributed by atoms with van der Waals surface area (Å²) in [5.74, 6) is -0.821. The van der Waals surface area contributed by atoms with E-state index in [0.717, 1.165) is 38.3 Å². The number of sulfonamides is 1. The second-order valence-electron chi connectivity index (χ2n) is 9.73. The van der Waals surface area contributed by atoms with Gasteiger partial charge in [0.25, 0.3) is 10.0 Å². The maximum atomic E-state index is 14.0. The highest BCUT2D eigenvalue weighted by Crippen LogP contribution is 2.29. The third-order valence-corrected chi connectivity index (χ3v) is 9.32. The number of benzene rings is 3. The van der Waals surface area contributed by atoms with E-state index in [1.54, 1.807) is 31.2 Å². The maximum absolute atomic E-state index is 14.0. The molecule has 7 nitrogen and oxygen atoms in total. The van der Waals surface area contributed by atoms with E-state index in [4.69, 9.17) is 11.6 Å². The first-order chi connectivity index (χ1) is 18.9. The van der Waals surface area contributed by atoms with Crippen LogP contribution in [0, 0.1) is 13.8 Å². The van der Waals surface area contributed by atoms with Gasteiger partial charge in [0, 0.05) is 22.6 Å². The van der Waals surface area contributed by atoms with E-state index in [9.17, 15) is 18.0 Å². The van der Waals surface area contributed by atoms with Crippen LogP contribution >= 0.6 is 27.5 Å². The van der Waals surface area contributed by atoms with Crippen molar-refractivity contribution >= 4 is 55.1 Å². The molecule has 40 heavy (non-hydrogen) atoms. The maximum Gasteiger partial charge on any atom is 0.264 e. The molecule has 3 aromatic carbocycles. The standard InChI is InChI=1S/C30H35BrClN3O4S/c1-5-6-17-33-30(37)23(4)34(19-24-10-12-25(31)13-11-24)29(36)20-35(26-14-9-22(3)28(32)18-26)40(38,39)27-15-7-21(2)8-16-27/h7-16,18,23H,5-6,17,19-20H2,1-4H3,(H,33,37)/t23-/m1/s1. The third-order valence-electron chi connectivity index (χ3n) is 6.59. The number of hydrogen-bond acceptors (Lipinski definition) is 4. The van der Waals surface area contributed by atoms with E-state index in [-0.39, 0.29) is 23.0 Å². The third kappa shape index (κ3) is 8.08. The van der Waals surface area contributed by atoms with Crippen molar-refractivity contribution < 1.29 is 18.0 Å². The molecular formula is C30H35BrClN3O4S. The fourth-order valence-electron chi connectivity index (χ4n) is 4.01. The molecule has 3 aromatic rings. The molecule has 1 N–H and O–H groups in total. The predicted octanol–water partition coefficient (Wildman–Crippen LogP) is 6.25. The number of nitrogens with one attached hydrogen (secondary N) is 1. The summed E-state index contributed by atoms with van der Waals surface area (Å²) in [5, 5.41) is 3.26. The Hall–Kier alpha value is -2.88. The van der Waals surface area contributed by atoms with Crippen molar-refractivity contribution in [3.8, 4) is 0 Å². The van der Waals surface area contributed by atoms with Gasteiger partial charge >= 0.3 is 0 Å². The van der Waals surface area contributed by atoms with Gasteiger partial charge in [0.05, 0.1) is 10.6 Å². The monoisotopic (exact) mass is 647 g/mol. The van der Waals surface area contributed by atoms with Gasteiger partial charge in [-0.2, -0.15) is 0 Å².